The summed E-state index contributed by atoms with van der Waals surface area (Å²) in [5.41, 5.74) is 6.20. The molecule has 1 amide bonds. The van der Waals surface area contributed by atoms with Crippen LogP contribution in [0.2, 0.25) is 5.02 Å². The van der Waals surface area contributed by atoms with Crippen LogP contribution in [0.15, 0.2) is 36.4 Å². The molecule has 154 valence electrons. The summed E-state index contributed by atoms with van der Waals surface area (Å²) in [4.78, 5) is 24.4. The Morgan fingerprint density at radius 3 is 2.73 bits per heavy atom. The van der Waals surface area contributed by atoms with Crippen LogP contribution >= 0.6 is 35.2 Å². The first kappa shape index (κ1) is 20.2. The first-order valence-electron chi connectivity index (χ1n) is 8.53. The summed E-state index contributed by atoms with van der Waals surface area (Å²) in [6, 6.07) is 10.2. The molecule has 0 spiro atoms. The zero-order valence-corrected chi connectivity index (χ0v) is 17.8. The predicted octanol–water partition coefficient (Wildman–Crippen LogP) is 3.70. The normalized spacial score (nSPS) is 11.8. The van der Waals surface area contributed by atoms with E-state index in [1.807, 2.05) is 0 Å². The fourth-order valence-electron chi connectivity index (χ4n) is 2.75. The maximum absolute atomic E-state index is 12.3. The second-order valence-corrected chi connectivity index (χ2v) is 7.89. The molecule has 0 fully saturated rings. The number of ether oxygens (including phenoxy) is 3. The number of rotatable bonds is 3. The lowest BCUT2D eigenvalue weighted by Gasteiger charge is -2.12. The Kier molecular flexibility index (Phi) is 5.62. The largest absolute Gasteiger partial charge is 0.465 e. The molecular weight excluding hydrogens is 450 g/mol. The first-order chi connectivity index (χ1) is 14.5. The van der Waals surface area contributed by atoms with E-state index < -0.39 is 5.97 Å². The van der Waals surface area contributed by atoms with Crippen molar-refractivity contribution >= 4 is 67.9 Å². The van der Waals surface area contributed by atoms with Crippen LogP contribution in [0.4, 0.5) is 5.69 Å². The smallest absolute Gasteiger partial charge is 0.349 e. The molecule has 2 aromatic carbocycles. The number of carbonyl (C=O) groups excluding carboxylic acids is 2. The molecule has 4 rings (SSSR count). The fourth-order valence-corrected chi connectivity index (χ4v) is 4.39. The number of hydrogen-bond acceptors (Lipinski definition) is 7. The molecule has 30 heavy (non-hydrogen) atoms. The van der Waals surface area contributed by atoms with Gasteiger partial charge in [-0.2, -0.15) is 0 Å². The van der Waals surface area contributed by atoms with E-state index in [2.05, 4.69) is 16.2 Å². The Morgan fingerprint density at radius 2 is 1.93 bits per heavy atom. The van der Waals surface area contributed by atoms with Gasteiger partial charge in [0, 0.05) is 21.3 Å². The highest BCUT2D eigenvalue weighted by Crippen LogP contribution is 2.37. The summed E-state index contributed by atoms with van der Waals surface area (Å²) < 4.78 is 16.0. The number of carbonyl (C=O) groups is 2. The number of benzene rings is 2. The number of nitrogens with one attached hydrogen (secondary N) is 3. The summed E-state index contributed by atoms with van der Waals surface area (Å²) in [7, 11) is 1.30. The molecular formula is C19H14ClN3O5S2. The van der Waals surface area contributed by atoms with Crippen molar-refractivity contribution in [2.75, 3.05) is 19.2 Å². The highest BCUT2D eigenvalue weighted by atomic mass is 35.5. The van der Waals surface area contributed by atoms with Crippen molar-refractivity contribution in [1.82, 2.24) is 10.9 Å². The van der Waals surface area contributed by atoms with Gasteiger partial charge in [0.2, 0.25) is 6.79 Å². The van der Waals surface area contributed by atoms with Gasteiger partial charge in [0.25, 0.3) is 5.91 Å². The van der Waals surface area contributed by atoms with Crippen LogP contribution in [0.25, 0.3) is 10.1 Å². The number of hydrazine groups is 1. The third-order valence-electron chi connectivity index (χ3n) is 4.18. The zero-order valence-electron chi connectivity index (χ0n) is 15.4. The van der Waals surface area contributed by atoms with Crippen LogP contribution in [0.1, 0.15) is 20.0 Å². The molecule has 8 nitrogen and oxygen atoms in total. The van der Waals surface area contributed by atoms with Gasteiger partial charge in [0.05, 0.1) is 12.1 Å². The second kappa shape index (κ2) is 8.34. The van der Waals surface area contributed by atoms with Gasteiger partial charge in [-0.15, -0.1) is 11.3 Å². The van der Waals surface area contributed by atoms with Gasteiger partial charge < -0.3 is 19.5 Å². The molecule has 3 aromatic rings. The molecule has 0 bridgehead atoms. The van der Waals surface area contributed by atoms with Crippen LogP contribution in [-0.4, -0.2) is 30.9 Å². The third kappa shape index (κ3) is 3.97. The quantitative estimate of drug-likeness (QED) is 0.307. The number of thiocarbonyl (C=S) groups is 1. The molecule has 0 atom stereocenters. The van der Waals surface area contributed by atoms with Crippen molar-refractivity contribution in [3.05, 3.63) is 51.9 Å². The Bertz CT molecular complexity index is 1180. The van der Waals surface area contributed by atoms with Crippen LogP contribution in [0.3, 0.4) is 0 Å². The molecule has 1 aliphatic rings. The Hall–Kier alpha value is -3.08. The highest BCUT2D eigenvalue weighted by molar-refractivity contribution is 7.80. The number of amides is 1. The van der Waals surface area contributed by atoms with E-state index >= 15 is 0 Å². The highest BCUT2D eigenvalue weighted by Gasteiger charge is 2.18. The summed E-state index contributed by atoms with van der Waals surface area (Å²) in [6.07, 6.45) is 0. The summed E-state index contributed by atoms with van der Waals surface area (Å²) >= 11 is 12.7. The monoisotopic (exact) mass is 463 g/mol. The van der Waals surface area contributed by atoms with E-state index in [-0.39, 0.29) is 17.8 Å². The van der Waals surface area contributed by atoms with E-state index in [0.29, 0.717) is 32.6 Å². The van der Waals surface area contributed by atoms with Crippen molar-refractivity contribution in [2.45, 2.75) is 0 Å². The average Bonchev–Trinajstić information content (AvgIpc) is 3.35. The maximum atomic E-state index is 12.3. The van der Waals surface area contributed by atoms with Crippen molar-refractivity contribution in [3.63, 3.8) is 0 Å². The number of halogens is 1. The number of hydrogen-bond donors (Lipinski definition) is 3. The van der Waals surface area contributed by atoms with Gasteiger partial charge in [-0.25, -0.2) is 4.79 Å². The molecule has 2 heterocycles. The van der Waals surface area contributed by atoms with Crippen molar-refractivity contribution in [2.24, 2.45) is 0 Å². The molecule has 0 saturated heterocycles. The topological polar surface area (TPSA) is 97.9 Å². The number of thiophene rings is 1. The Morgan fingerprint density at radius 1 is 1.13 bits per heavy atom. The molecule has 0 saturated carbocycles. The molecule has 0 radical (unpaired) electrons. The molecule has 1 aliphatic heterocycles. The van der Waals surface area contributed by atoms with Crippen LogP contribution in [0, 0.1) is 0 Å². The molecule has 1 aromatic heterocycles. The van der Waals surface area contributed by atoms with Crippen LogP contribution < -0.4 is 25.6 Å². The standard InChI is InChI=1S/C19H14ClN3O5S2/c1-26-18(25)16-15(20)11-4-3-10(7-14(11)30-16)21-19(29)23-22-17(24)9-2-5-12-13(6-9)28-8-27-12/h2-7H,8H2,1H3,(H,22,24)(H2,21,23,29). The van der Waals surface area contributed by atoms with Crippen molar-refractivity contribution in [1.29, 1.82) is 0 Å². The Labute approximate surface area is 185 Å². The molecule has 0 aliphatic carbocycles. The molecule has 11 heteroatoms. The number of anilines is 1. The second-order valence-electron chi connectivity index (χ2n) is 6.05. The van der Waals surface area contributed by atoms with Crippen LogP contribution in [0.5, 0.6) is 11.5 Å². The van der Waals surface area contributed by atoms with E-state index in [9.17, 15) is 9.59 Å². The van der Waals surface area contributed by atoms with Crippen molar-refractivity contribution < 1.29 is 23.8 Å². The number of methoxy groups -OCH3 is 1. The fraction of sp³-hybridized carbons (Fsp3) is 0.105. The van der Waals surface area contributed by atoms with Crippen molar-refractivity contribution in [3.8, 4) is 11.5 Å². The lowest BCUT2D eigenvalue weighted by atomic mass is 10.2. The maximum Gasteiger partial charge on any atom is 0.349 e. The average molecular weight is 464 g/mol. The van der Waals surface area contributed by atoms with E-state index in [4.69, 9.17) is 38.0 Å². The summed E-state index contributed by atoms with van der Waals surface area (Å²) in [6.45, 7) is 0.133. The number of fused-ring (bicyclic) bond motifs is 2. The van der Waals surface area contributed by atoms with E-state index in [1.54, 1.807) is 36.4 Å². The minimum atomic E-state index is -0.487. The van der Waals surface area contributed by atoms with Crippen LogP contribution in [-0.2, 0) is 4.74 Å². The predicted molar refractivity (Wildman–Crippen MR) is 118 cm³/mol. The Balaban J connectivity index is 1.39. The van der Waals surface area contributed by atoms with Gasteiger partial charge in [-0.1, -0.05) is 11.6 Å². The molecule has 3 N–H and O–H groups in total. The zero-order chi connectivity index (χ0) is 21.3. The minimum absolute atomic E-state index is 0.133. The lowest BCUT2D eigenvalue weighted by molar-refractivity contribution is 0.0606. The lowest BCUT2D eigenvalue weighted by Crippen LogP contribution is -2.43. The van der Waals surface area contributed by atoms with E-state index in [1.165, 1.54) is 18.4 Å². The van der Waals surface area contributed by atoms with E-state index in [0.717, 1.165) is 10.1 Å². The molecule has 0 unspecified atom stereocenters. The third-order valence-corrected chi connectivity index (χ3v) is 6.02. The first-order valence-corrected chi connectivity index (χ1v) is 10.1. The summed E-state index contributed by atoms with van der Waals surface area (Å²) in [5, 5.41) is 4.23. The number of esters is 1. The summed E-state index contributed by atoms with van der Waals surface area (Å²) in [5.74, 6) is 0.230. The van der Waals surface area contributed by atoms with Gasteiger partial charge in [-0.05, 0) is 48.6 Å². The SMILES string of the molecule is COC(=O)c1sc2cc(NC(=S)NNC(=O)c3ccc4c(c3)OCO4)ccc2c1Cl. The van der Waals surface area contributed by atoms with Gasteiger partial charge in [0.15, 0.2) is 16.6 Å². The van der Waals surface area contributed by atoms with Gasteiger partial charge in [-0.3, -0.25) is 15.6 Å². The van der Waals surface area contributed by atoms with Gasteiger partial charge in [0.1, 0.15) is 4.88 Å². The minimum Gasteiger partial charge on any atom is -0.465 e. The van der Waals surface area contributed by atoms with Gasteiger partial charge >= 0.3 is 5.97 Å².